The molecule has 0 saturated carbocycles. The average molecular weight is 282 g/mol. The first-order valence-corrected chi connectivity index (χ1v) is 6.84. The lowest BCUT2D eigenvalue weighted by Crippen LogP contribution is -2.08. The summed E-state index contributed by atoms with van der Waals surface area (Å²) in [5.74, 6) is 0.687. The molecule has 112 valence electrons. The second-order valence-electron chi connectivity index (χ2n) is 4.57. The van der Waals surface area contributed by atoms with Crippen molar-refractivity contribution < 1.29 is 14.8 Å². The Morgan fingerprint density at radius 1 is 1.30 bits per heavy atom. The number of nitrogens with one attached hydrogen (secondary N) is 1. The van der Waals surface area contributed by atoms with Gasteiger partial charge in [-0.1, -0.05) is 6.42 Å². The Balaban J connectivity index is 2.53. The van der Waals surface area contributed by atoms with Crippen LogP contribution in [0.25, 0.3) is 0 Å². The molecule has 1 rings (SSSR count). The van der Waals surface area contributed by atoms with Crippen molar-refractivity contribution in [1.82, 2.24) is 5.32 Å². The lowest BCUT2D eigenvalue weighted by atomic mass is 10.1. The molecule has 1 aromatic rings. The molecule has 0 heterocycles. The molecule has 0 saturated heterocycles. The molecule has 0 aromatic heterocycles. The van der Waals surface area contributed by atoms with Crippen molar-refractivity contribution in [2.75, 3.05) is 20.3 Å². The molecule has 0 fully saturated rings. The highest BCUT2D eigenvalue weighted by Crippen LogP contribution is 2.24. The number of nitrogens with zero attached hydrogens (tertiary/aromatic N) is 1. The van der Waals surface area contributed by atoms with Gasteiger partial charge in [0.2, 0.25) is 0 Å². The smallest absolute Gasteiger partial charge is 0.270 e. The van der Waals surface area contributed by atoms with Gasteiger partial charge in [0.1, 0.15) is 5.75 Å². The fourth-order valence-corrected chi connectivity index (χ4v) is 1.90. The molecular weight excluding hydrogens is 260 g/mol. The lowest BCUT2D eigenvalue weighted by molar-refractivity contribution is -0.384. The van der Waals surface area contributed by atoms with Crippen LogP contribution in [0, 0.1) is 10.1 Å². The summed E-state index contributed by atoms with van der Waals surface area (Å²) in [6.45, 7) is 1.34. The number of aliphatic hydroxyl groups is 1. The van der Waals surface area contributed by atoms with Gasteiger partial charge in [0.25, 0.3) is 5.69 Å². The largest absolute Gasteiger partial charge is 0.493 e. The van der Waals surface area contributed by atoms with Crippen LogP contribution >= 0.6 is 0 Å². The fourth-order valence-electron chi connectivity index (χ4n) is 1.90. The summed E-state index contributed by atoms with van der Waals surface area (Å²) in [5.41, 5.74) is 0.864. The summed E-state index contributed by atoms with van der Waals surface area (Å²) >= 11 is 0. The third-order valence-electron chi connectivity index (χ3n) is 2.93. The standard InChI is InChI=1S/C14H22N2O4/c1-15-11-12-10-13(16(18)19)6-7-14(12)20-9-5-3-2-4-8-17/h6-7,10,15,17H,2-5,8-9,11H2,1H3. The van der Waals surface area contributed by atoms with Crippen LogP contribution in [-0.2, 0) is 6.54 Å². The Morgan fingerprint density at radius 2 is 2.05 bits per heavy atom. The average Bonchev–Trinajstić information content (AvgIpc) is 2.44. The molecule has 0 spiro atoms. The first-order chi connectivity index (χ1) is 9.69. The zero-order valence-corrected chi connectivity index (χ0v) is 11.8. The second kappa shape index (κ2) is 9.28. The number of nitro groups is 1. The zero-order valence-electron chi connectivity index (χ0n) is 11.8. The Hall–Kier alpha value is -1.66. The predicted molar refractivity (Wildman–Crippen MR) is 76.9 cm³/mol. The van der Waals surface area contributed by atoms with Gasteiger partial charge in [-0.15, -0.1) is 0 Å². The van der Waals surface area contributed by atoms with E-state index in [-0.39, 0.29) is 12.3 Å². The van der Waals surface area contributed by atoms with Gasteiger partial charge in [0, 0.05) is 30.8 Å². The van der Waals surface area contributed by atoms with E-state index in [1.165, 1.54) is 12.1 Å². The summed E-state index contributed by atoms with van der Waals surface area (Å²) in [6, 6.07) is 4.65. The number of non-ortho nitro benzene ring substituents is 1. The van der Waals surface area contributed by atoms with Gasteiger partial charge in [0.05, 0.1) is 11.5 Å². The summed E-state index contributed by atoms with van der Waals surface area (Å²) < 4.78 is 5.68. The van der Waals surface area contributed by atoms with E-state index in [9.17, 15) is 10.1 Å². The van der Waals surface area contributed by atoms with Gasteiger partial charge in [-0.3, -0.25) is 10.1 Å². The monoisotopic (exact) mass is 282 g/mol. The molecular formula is C14H22N2O4. The van der Waals surface area contributed by atoms with Crippen molar-refractivity contribution >= 4 is 5.69 Å². The highest BCUT2D eigenvalue weighted by molar-refractivity contribution is 5.43. The molecule has 0 aliphatic rings. The van der Waals surface area contributed by atoms with Crippen LogP contribution in [0.15, 0.2) is 18.2 Å². The van der Waals surface area contributed by atoms with Crippen molar-refractivity contribution in [1.29, 1.82) is 0 Å². The van der Waals surface area contributed by atoms with E-state index in [1.807, 2.05) is 0 Å². The van der Waals surface area contributed by atoms with E-state index >= 15 is 0 Å². The fraction of sp³-hybridized carbons (Fsp3) is 0.571. The summed E-state index contributed by atoms with van der Waals surface area (Å²) in [7, 11) is 1.79. The van der Waals surface area contributed by atoms with Crippen LogP contribution in [0.5, 0.6) is 5.75 Å². The summed E-state index contributed by atoms with van der Waals surface area (Å²) in [4.78, 5) is 10.3. The third kappa shape index (κ3) is 5.54. The van der Waals surface area contributed by atoms with Crippen molar-refractivity contribution in [3.63, 3.8) is 0 Å². The van der Waals surface area contributed by atoms with Crippen molar-refractivity contribution in [3.8, 4) is 5.75 Å². The molecule has 0 bridgehead atoms. The third-order valence-corrected chi connectivity index (χ3v) is 2.93. The van der Waals surface area contributed by atoms with Crippen molar-refractivity contribution in [3.05, 3.63) is 33.9 Å². The first kappa shape index (κ1) is 16.4. The summed E-state index contributed by atoms with van der Waals surface area (Å²) in [5, 5.41) is 22.4. The van der Waals surface area contributed by atoms with E-state index in [0.29, 0.717) is 18.9 Å². The van der Waals surface area contributed by atoms with Gasteiger partial charge >= 0.3 is 0 Å². The van der Waals surface area contributed by atoms with Gasteiger partial charge in [0.15, 0.2) is 0 Å². The van der Waals surface area contributed by atoms with Gasteiger partial charge < -0.3 is 15.2 Å². The molecule has 0 atom stereocenters. The van der Waals surface area contributed by atoms with Gasteiger partial charge in [-0.05, 0) is 32.4 Å². The van der Waals surface area contributed by atoms with Crippen LogP contribution in [0.3, 0.4) is 0 Å². The molecule has 0 amide bonds. The van der Waals surface area contributed by atoms with Crippen LogP contribution in [0.4, 0.5) is 5.69 Å². The van der Waals surface area contributed by atoms with E-state index in [1.54, 1.807) is 13.1 Å². The topological polar surface area (TPSA) is 84.6 Å². The minimum Gasteiger partial charge on any atom is -0.493 e. The predicted octanol–water partition coefficient (Wildman–Crippen LogP) is 2.25. The van der Waals surface area contributed by atoms with E-state index in [2.05, 4.69) is 5.32 Å². The number of unbranched alkanes of at least 4 members (excludes halogenated alkanes) is 3. The van der Waals surface area contributed by atoms with Crippen LogP contribution in [-0.4, -0.2) is 30.3 Å². The molecule has 0 unspecified atom stereocenters. The summed E-state index contributed by atoms with van der Waals surface area (Å²) in [6.07, 6.45) is 3.73. The van der Waals surface area contributed by atoms with Crippen LogP contribution < -0.4 is 10.1 Å². The maximum Gasteiger partial charge on any atom is 0.270 e. The molecule has 2 N–H and O–H groups in total. The number of rotatable bonds is 10. The Labute approximate surface area is 118 Å². The Morgan fingerprint density at radius 3 is 2.70 bits per heavy atom. The quantitative estimate of drug-likeness (QED) is 0.390. The Bertz CT molecular complexity index is 424. The Kier molecular flexibility index (Phi) is 7.60. The molecule has 0 aliphatic heterocycles. The zero-order chi connectivity index (χ0) is 14.8. The normalized spacial score (nSPS) is 10.5. The molecule has 1 aromatic carbocycles. The number of benzene rings is 1. The molecule has 6 heteroatoms. The van der Waals surface area contributed by atoms with Gasteiger partial charge in [-0.25, -0.2) is 0 Å². The van der Waals surface area contributed by atoms with Crippen molar-refractivity contribution in [2.24, 2.45) is 0 Å². The van der Waals surface area contributed by atoms with Crippen molar-refractivity contribution in [2.45, 2.75) is 32.2 Å². The molecule has 0 aliphatic carbocycles. The molecule has 6 nitrogen and oxygen atoms in total. The minimum absolute atomic E-state index is 0.0746. The van der Waals surface area contributed by atoms with E-state index in [4.69, 9.17) is 9.84 Å². The number of hydrogen-bond acceptors (Lipinski definition) is 5. The maximum atomic E-state index is 10.8. The SMILES string of the molecule is CNCc1cc([N+](=O)[O-])ccc1OCCCCCCO. The molecule has 0 radical (unpaired) electrons. The lowest BCUT2D eigenvalue weighted by Gasteiger charge is -2.11. The van der Waals surface area contributed by atoms with Crippen LogP contribution in [0.1, 0.15) is 31.2 Å². The number of aliphatic hydroxyl groups excluding tert-OH is 1. The maximum absolute atomic E-state index is 10.8. The minimum atomic E-state index is -0.405. The number of hydrogen-bond donors (Lipinski definition) is 2. The number of ether oxygens (including phenoxy) is 1. The molecule has 20 heavy (non-hydrogen) atoms. The van der Waals surface area contributed by atoms with E-state index in [0.717, 1.165) is 31.2 Å². The second-order valence-corrected chi connectivity index (χ2v) is 4.57. The highest BCUT2D eigenvalue weighted by Gasteiger charge is 2.11. The highest BCUT2D eigenvalue weighted by atomic mass is 16.6. The number of nitro benzene ring substituents is 1. The first-order valence-electron chi connectivity index (χ1n) is 6.84. The van der Waals surface area contributed by atoms with Crippen LogP contribution in [0.2, 0.25) is 0 Å². The van der Waals surface area contributed by atoms with Gasteiger partial charge in [-0.2, -0.15) is 0 Å². The van der Waals surface area contributed by atoms with E-state index < -0.39 is 4.92 Å².